The predicted molar refractivity (Wildman–Crippen MR) is 74.3 cm³/mol. The average Bonchev–Trinajstić information content (AvgIpc) is 2.41. The first-order valence-corrected chi connectivity index (χ1v) is 5.98. The molecule has 0 atom stereocenters. The first-order chi connectivity index (χ1) is 9.15. The van der Waals surface area contributed by atoms with Gasteiger partial charge in [0, 0.05) is 11.6 Å². The highest BCUT2D eigenvalue weighted by atomic mass is 16.3. The maximum absolute atomic E-state index is 12.1. The van der Waals surface area contributed by atoms with E-state index >= 15 is 0 Å². The van der Waals surface area contributed by atoms with Crippen LogP contribution in [-0.4, -0.2) is 5.11 Å². The third-order valence-electron chi connectivity index (χ3n) is 3.10. The minimum absolute atomic E-state index is 0.0620. The standard InChI is InChI=1S/C16H12O3/c1-10-3-2-4-13-14(18)9-15(19-16(10)13)11-5-7-12(17)8-6-11/h2-9,17H,1H3. The van der Waals surface area contributed by atoms with E-state index in [0.717, 1.165) is 11.1 Å². The number of phenols is 1. The molecule has 0 aliphatic heterocycles. The van der Waals surface area contributed by atoms with Crippen LogP contribution >= 0.6 is 0 Å². The van der Waals surface area contributed by atoms with Crippen LogP contribution in [-0.2, 0) is 0 Å². The molecular weight excluding hydrogens is 240 g/mol. The van der Waals surface area contributed by atoms with E-state index in [1.54, 1.807) is 30.3 Å². The van der Waals surface area contributed by atoms with E-state index in [0.29, 0.717) is 16.7 Å². The van der Waals surface area contributed by atoms with Crippen LogP contribution in [0, 0.1) is 6.92 Å². The highest BCUT2D eigenvalue weighted by molar-refractivity contribution is 5.81. The highest BCUT2D eigenvalue weighted by Crippen LogP contribution is 2.25. The molecule has 1 aromatic heterocycles. The van der Waals surface area contributed by atoms with Gasteiger partial charge in [-0.15, -0.1) is 0 Å². The quantitative estimate of drug-likeness (QED) is 0.721. The molecule has 0 spiro atoms. The summed E-state index contributed by atoms with van der Waals surface area (Å²) in [7, 11) is 0. The Morgan fingerprint density at radius 3 is 2.53 bits per heavy atom. The van der Waals surface area contributed by atoms with Gasteiger partial charge >= 0.3 is 0 Å². The van der Waals surface area contributed by atoms with Crippen molar-refractivity contribution >= 4 is 11.0 Å². The first kappa shape index (κ1) is 11.5. The van der Waals surface area contributed by atoms with Crippen LogP contribution in [0.3, 0.4) is 0 Å². The molecule has 0 saturated carbocycles. The van der Waals surface area contributed by atoms with E-state index < -0.39 is 0 Å². The molecule has 3 rings (SSSR count). The van der Waals surface area contributed by atoms with Crippen molar-refractivity contribution in [3.05, 3.63) is 64.3 Å². The number of benzene rings is 2. The average molecular weight is 252 g/mol. The summed E-state index contributed by atoms with van der Waals surface area (Å²) in [6.45, 7) is 1.91. The molecule has 19 heavy (non-hydrogen) atoms. The molecule has 1 heterocycles. The number of hydrogen-bond donors (Lipinski definition) is 1. The van der Waals surface area contributed by atoms with Gasteiger partial charge in [-0.25, -0.2) is 0 Å². The molecule has 0 fully saturated rings. The van der Waals surface area contributed by atoms with Gasteiger partial charge < -0.3 is 9.52 Å². The molecule has 0 aliphatic carbocycles. The van der Waals surface area contributed by atoms with Gasteiger partial charge in [0.25, 0.3) is 0 Å². The number of para-hydroxylation sites is 1. The molecule has 0 aliphatic rings. The summed E-state index contributed by atoms with van der Waals surface area (Å²) in [5, 5.41) is 9.87. The van der Waals surface area contributed by atoms with Gasteiger partial charge in [-0.05, 0) is 42.8 Å². The van der Waals surface area contributed by atoms with E-state index in [9.17, 15) is 9.90 Å². The van der Waals surface area contributed by atoms with Crippen LogP contribution in [0.2, 0.25) is 0 Å². The van der Waals surface area contributed by atoms with Crippen molar-refractivity contribution in [2.45, 2.75) is 6.92 Å². The fourth-order valence-corrected chi connectivity index (χ4v) is 2.09. The summed E-state index contributed by atoms with van der Waals surface area (Å²) >= 11 is 0. The van der Waals surface area contributed by atoms with Crippen LogP contribution in [0.5, 0.6) is 5.75 Å². The summed E-state index contributed by atoms with van der Waals surface area (Å²) in [4.78, 5) is 12.1. The number of rotatable bonds is 1. The van der Waals surface area contributed by atoms with Crippen molar-refractivity contribution in [2.24, 2.45) is 0 Å². The summed E-state index contributed by atoms with van der Waals surface area (Å²) in [6, 6.07) is 13.6. The summed E-state index contributed by atoms with van der Waals surface area (Å²) in [6.07, 6.45) is 0. The van der Waals surface area contributed by atoms with E-state index in [4.69, 9.17) is 4.42 Å². The Bertz CT molecular complexity index is 798. The molecule has 0 saturated heterocycles. The lowest BCUT2D eigenvalue weighted by atomic mass is 10.1. The number of aryl methyl sites for hydroxylation is 1. The molecular formula is C16H12O3. The smallest absolute Gasteiger partial charge is 0.193 e. The van der Waals surface area contributed by atoms with Crippen LogP contribution < -0.4 is 5.43 Å². The number of phenolic OH excluding ortho intramolecular Hbond substituents is 1. The molecule has 0 amide bonds. The maximum atomic E-state index is 12.1. The predicted octanol–water partition coefficient (Wildman–Crippen LogP) is 3.47. The molecule has 1 N–H and O–H groups in total. The molecule has 94 valence electrons. The summed E-state index contributed by atoms with van der Waals surface area (Å²) in [5.41, 5.74) is 2.24. The molecule has 3 heteroatoms. The Balaban J connectivity index is 2.29. The lowest BCUT2D eigenvalue weighted by Crippen LogP contribution is -2.00. The monoisotopic (exact) mass is 252 g/mol. The lowest BCUT2D eigenvalue weighted by molar-refractivity contribution is 0.475. The molecule has 0 radical (unpaired) electrons. The third-order valence-corrected chi connectivity index (χ3v) is 3.10. The fraction of sp³-hybridized carbons (Fsp3) is 0.0625. The van der Waals surface area contributed by atoms with Crippen molar-refractivity contribution in [3.63, 3.8) is 0 Å². The van der Waals surface area contributed by atoms with Gasteiger partial charge in [-0.1, -0.05) is 12.1 Å². The van der Waals surface area contributed by atoms with Gasteiger partial charge in [0.15, 0.2) is 5.43 Å². The van der Waals surface area contributed by atoms with E-state index in [1.165, 1.54) is 6.07 Å². The Hall–Kier alpha value is -2.55. The Morgan fingerprint density at radius 1 is 1.05 bits per heavy atom. The Morgan fingerprint density at radius 2 is 1.79 bits per heavy atom. The third kappa shape index (κ3) is 1.99. The zero-order chi connectivity index (χ0) is 13.4. The van der Waals surface area contributed by atoms with E-state index in [2.05, 4.69) is 0 Å². The molecule has 0 unspecified atom stereocenters. The first-order valence-electron chi connectivity index (χ1n) is 5.98. The zero-order valence-electron chi connectivity index (χ0n) is 10.4. The molecule has 2 aromatic carbocycles. The molecule has 3 nitrogen and oxygen atoms in total. The second-order valence-corrected chi connectivity index (χ2v) is 4.47. The summed E-state index contributed by atoms with van der Waals surface area (Å²) < 4.78 is 5.82. The van der Waals surface area contributed by atoms with Crippen LogP contribution in [0.1, 0.15) is 5.56 Å². The van der Waals surface area contributed by atoms with Gasteiger partial charge in [-0.3, -0.25) is 4.79 Å². The summed E-state index contributed by atoms with van der Waals surface area (Å²) in [5.74, 6) is 0.690. The van der Waals surface area contributed by atoms with E-state index in [-0.39, 0.29) is 11.2 Å². The van der Waals surface area contributed by atoms with Crippen molar-refractivity contribution in [2.75, 3.05) is 0 Å². The SMILES string of the molecule is Cc1cccc2c(=O)cc(-c3ccc(O)cc3)oc12. The highest BCUT2D eigenvalue weighted by Gasteiger charge is 2.08. The molecule has 0 bridgehead atoms. The largest absolute Gasteiger partial charge is 0.508 e. The maximum Gasteiger partial charge on any atom is 0.193 e. The van der Waals surface area contributed by atoms with Crippen LogP contribution in [0.25, 0.3) is 22.3 Å². The van der Waals surface area contributed by atoms with Gasteiger partial charge in [-0.2, -0.15) is 0 Å². The van der Waals surface area contributed by atoms with Gasteiger partial charge in [0.2, 0.25) is 0 Å². The number of fused-ring (bicyclic) bond motifs is 1. The zero-order valence-corrected chi connectivity index (χ0v) is 10.4. The van der Waals surface area contributed by atoms with Crippen molar-refractivity contribution < 1.29 is 9.52 Å². The minimum atomic E-state index is -0.0620. The van der Waals surface area contributed by atoms with Crippen molar-refractivity contribution in [3.8, 4) is 17.1 Å². The normalized spacial score (nSPS) is 10.8. The second-order valence-electron chi connectivity index (χ2n) is 4.47. The Kier molecular flexibility index (Phi) is 2.60. The Labute approximate surface area is 109 Å². The number of aromatic hydroxyl groups is 1. The minimum Gasteiger partial charge on any atom is -0.508 e. The topological polar surface area (TPSA) is 50.4 Å². The van der Waals surface area contributed by atoms with Gasteiger partial charge in [0.05, 0.1) is 5.39 Å². The lowest BCUT2D eigenvalue weighted by Gasteiger charge is -2.05. The number of hydrogen-bond acceptors (Lipinski definition) is 3. The second kappa shape index (κ2) is 4.28. The fourth-order valence-electron chi connectivity index (χ4n) is 2.09. The van der Waals surface area contributed by atoms with Crippen molar-refractivity contribution in [1.29, 1.82) is 0 Å². The van der Waals surface area contributed by atoms with Crippen molar-refractivity contribution in [1.82, 2.24) is 0 Å². The van der Waals surface area contributed by atoms with Crippen LogP contribution in [0.4, 0.5) is 0 Å². The van der Waals surface area contributed by atoms with Gasteiger partial charge in [0.1, 0.15) is 17.1 Å². The van der Waals surface area contributed by atoms with E-state index in [1.807, 2.05) is 19.1 Å². The molecule has 3 aromatic rings. The van der Waals surface area contributed by atoms with Crippen LogP contribution in [0.15, 0.2) is 57.7 Å².